The van der Waals surface area contributed by atoms with Crippen LogP contribution in [0.4, 0.5) is 4.79 Å². The first-order valence-electron chi connectivity index (χ1n) is 5.92. The van der Waals surface area contributed by atoms with Crippen molar-refractivity contribution in [1.29, 1.82) is 0 Å². The molecule has 0 radical (unpaired) electrons. The summed E-state index contributed by atoms with van der Waals surface area (Å²) in [6, 6.07) is 8.37. The molecule has 0 spiro atoms. The van der Waals surface area contributed by atoms with E-state index < -0.39 is 29.3 Å². The molecular weight excluding hydrogens is 280 g/mol. The van der Waals surface area contributed by atoms with E-state index in [2.05, 4.69) is 0 Å². The lowest BCUT2D eigenvalue weighted by molar-refractivity contribution is -0.153. The molecule has 3 amide bonds. The Morgan fingerprint density at radius 2 is 1.80 bits per heavy atom. The summed E-state index contributed by atoms with van der Waals surface area (Å²) in [5.74, 6) is -1.28. The van der Waals surface area contributed by atoms with Crippen molar-refractivity contribution in [3.8, 4) is 0 Å². The van der Waals surface area contributed by atoms with Crippen molar-refractivity contribution in [2.45, 2.75) is 30.1 Å². The standard InChI is InChI=1S/C13H16N2O4S/c1-8(11(16)15-13(14)18)19-12(17)9(2)20-10-6-4-3-5-7-10/h3-9H,1-2H3,(H3,14,15,16,18)/t8-,9-/m0/s1. The molecule has 2 atom stereocenters. The predicted octanol–water partition coefficient (Wildman–Crippen LogP) is 1.29. The zero-order chi connectivity index (χ0) is 15.1. The Balaban J connectivity index is 2.49. The van der Waals surface area contributed by atoms with Gasteiger partial charge in [-0.25, -0.2) is 4.79 Å². The molecule has 0 aliphatic rings. The third-order valence-corrected chi connectivity index (χ3v) is 3.39. The predicted molar refractivity (Wildman–Crippen MR) is 75.0 cm³/mol. The highest BCUT2D eigenvalue weighted by Gasteiger charge is 2.23. The van der Waals surface area contributed by atoms with Crippen LogP contribution in [0.2, 0.25) is 0 Å². The molecule has 1 aromatic rings. The van der Waals surface area contributed by atoms with E-state index in [-0.39, 0.29) is 0 Å². The average molecular weight is 296 g/mol. The first-order valence-corrected chi connectivity index (χ1v) is 6.80. The van der Waals surface area contributed by atoms with Gasteiger partial charge in [-0.2, -0.15) is 0 Å². The van der Waals surface area contributed by atoms with E-state index in [0.29, 0.717) is 0 Å². The summed E-state index contributed by atoms with van der Waals surface area (Å²) in [7, 11) is 0. The second-order valence-corrected chi connectivity index (χ2v) is 5.42. The quantitative estimate of drug-likeness (QED) is 0.630. The second kappa shape index (κ2) is 7.54. The number of thioether (sulfide) groups is 1. The summed E-state index contributed by atoms with van der Waals surface area (Å²) in [5, 5.41) is 1.38. The van der Waals surface area contributed by atoms with Gasteiger partial charge in [-0.1, -0.05) is 18.2 Å². The van der Waals surface area contributed by atoms with Crippen LogP contribution in [0.5, 0.6) is 0 Å². The highest BCUT2D eigenvalue weighted by atomic mass is 32.2. The molecule has 6 nitrogen and oxygen atoms in total. The Bertz CT molecular complexity index is 492. The minimum Gasteiger partial charge on any atom is -0.452 e. The maximum atomic E-state index is 11.8. The molecule has 7 heteroatoms. The Kier molecular flexibility index (Phi) is 6.05. The number of carbonyl (C=O) groups is 3. The average Bonchev–Trinajstić information content (AvgIpc) is 2.38. The first kappa shape index (κ1) is 16.0. The smallest absolute Gasteiger partial charge is 0.319 e. The number of primary amides is 1. The molecule has 0 fully saturated rings. The fourth-order valence-electron chi connectivity index (χ4n) is 1.30. The summed E-state index contributed by atoms with van der Waals surface area (Å²) < 4.78 is 4.97. The van der Waals surface area contributed by atoms with E-state index in [0.717, 1.165) is 4.90 Å². The van der Waals surface area contributed by atoms with Gasteiger partial charge in [0.15, 0.2) is 6.10 Å². The van der Waals surface area contributed by atoms with Gasteiger partial charge in [-0.15, -0.1) is 11.8 Å². The summed E-state index contributed by atoms with van der Waals surface area (Å²) in [5.41, 5.74) is 4.81. The van der Waals surface area contributed by atoms with Gasteiger partial charge < -0.3 is 10.5 Å². The second-order valence-electron chi connectivity index (χ2n) is 4.01. The fourth-order valence-corrected chi connectivity index (χ4v) is 2.17. The molecule has 0 bridgehead atoms. The van der Waals surface area contributed by atoms with Crippen LogP contribution in [-0.2, 0) is 14.3 Å². The van der Waals surface area contributed by atoms with Gasteiger partial charge >= 0.3 is 12.0 Å². The largest absolute Gasteiger partial charge is 0.452 e. The summed E-state index contributed by atoms with van der Waals surface area (Å²) in [4.78, 5) is 34.6. The van der Waals surface area contributed by atoms with E-state index in [1.807, 2.05) is 35.6 Å². The van der Waals surface area contributed by atoms with Gasteiger partial charge in [0.05, 0.1) is 0 Å². The number of ether oxygens (including phenoxy) is 1. The maximum Gasteiger partial charge on any atom is 0.319 e. The molecule has 0 aliphatic carbocycles. The van der Waals surface area contributed by atoms with Crippen LogP contribution >= 0.6 is 11.8 Å². The van der Waals surface area contributed by atoms with E-state index in [1.165, 1.54) is 18.7 Å². The van der Waals surface area contributed by atoms with Crippen LogP contribution in [0.15, 0.2) is 35.2 Å². The van der Waals surface area contributed by atoms with Crippen molar-refractivity contribution in [1.82, 2.24) is 5.32 Å². The normalized spacial score (nSPS) is 13.1. The number of esters is 1. The Morgan fingerprint density at radius 3 is 2.35 bits per heavy atom. The number of urea groups is 1. The zero-order valence-corrected chi connectivity index (χ0v) is 12.0. The highest BCUT2D eigenvalue weighted by Crippen LogP contribution is 2.23. The van der Waals surface area contributed by atoms with Crippen molar-refractivity contribution in [2.24, 2.45) is 5.73 Å². The van der Waals surface area contributed by atoms with Crippen LogP contribution < -0.4 is 11.1 Å². The fraction of sp³-hybridized carbons (Fsp3) is 0.308. The summed E-state index contributed by atoms with van der Waals surface area (Å²) >= 11 is 1.32. The monoisotopic (exact) mass is 296 g/mol. The molecule has 3 N–H and O–H groups in total. The third kappa shape index (κ3) is 5.31. The van der Waals surface area contributed by atoms with E-state index in [1.54, 1.807) is 6.92 Å². The lowest BCUT2D eigenvalue weighted by Crippen LogP contribution is -2.42. The van der Waals surface area contributed by atoms with Crippen molar-refractivity contribution in [3.05, 3.63) is 30.3 Å². The van der Waals surface area contributed by atoms with Gasteiger partial charge in [-0.3, -0.25) is 14.9 Å². The molecule has 0 saturated carbocycles. The Labute approximate surface area is 121 Å². The SMILES string of the molecule is C[C@H](OC(=O)[C@H](C)Sc1ccccc1)C(=O)NC(N)=O. The van der Waals surface area contributed by atoms with Gasteiger partial charge in [0.1, 0.15) is 5.25 Å². The number of imide groups is 1. The highest BCUT2D eigenvalue weighted by molar-refractivity contribution is 8.00. The van der Waals surface area contributed by atoms with Crippen molar-refractivity contribution < 1.29 is 19.1 Å². The topological polar surface area (TPSA) is 98.5 Å². The van der Waals surface area contributed by atoms with Crippen LogP contribution in [0.25, 0.3) is 0 Å². The summed E-state index contributed by atoms with van der Waals surface area (Å²) in [6.45, 7) is 3.05. The van der Waals surface area contributed by atoms with E-state index in [4.69, 9.17) is 10.5 Å². The van der Waals surface area contributed by atoms with Crippen LogP contribution in [-0.4, -0.2) is 29.3 Å². The molecule has 1 rings (SSSR count). The first-order chi connectivity index (χ1) is 9.40. The number of hydrogen-bond acceptors (Lipinski definition) is 5. The lowest BCUT2D eigenvalue weighted by Gasteiger charge is -2.15. The molecule has 1 aromatic carbocycles. The van der Waals surface area contributed by atoms with Crippen molar-refractivity contribution >= 4 is 29.7 Å². The summed E-state index contributed by atoms with van der Waals surface area (Å²) in [6.07, 6.45) is -1.08. The molecule has 0 heterocycles. The number of nitrogens with one attached hydrogen (secondary N) is 1. The molecule has 0 aliphatic heterocycles. The lowest BCUT2D eigenvalue weighted by atomic mass is 10.3. The Morgan fingerprint density at radius 1 is 1.20 bits per heavy atom. The van der Waals surface area contributed by atoms with Crippen LogP contribution in [0, 0.1) is 0 Å². The van der Waals surface area contributed by atoms with E-state index >= 15 is 0 Å². The number of hydrogen-bond donors (Lipinski definition) is 2. The number of rotatable bonds is 5. The number of carbonyl (C=O) groups excluding carboxylic acids is 3. The molecule has 108 valence electrons. The minimum absolute atomic E-state index is 0.471. The third-order valence-electron chi connectivity index (χ3n) is 2.30. The maximum absolute atomic E-state index is 11.8. The van der Waals surface area contributed by atoms with Gasteiger partial charge in [0.2, 0.25) is 0 Å². The van der Waals surface area contributed by atoms with Gasteiger partial charge in [-0.05, 0) is 26.0 Å². The zero-order valence-electron chi connectivity index (χ0n) is 11.2. The van der Waals surface area contributed by atoms with Gasteiger partial charge in [0.25, 0.3) is 5.91 Å². The van der Waals surface area contributed by atoms with Crippen molar-refractivity contribution in [3.63, 3.8) is 0 Å². The molecule has 20 heavy (non-hydrogen) atoms. The van der Waals surface area contributed by atoms with E-state index in [9.17, 15) is 14.4 Å². The minimum atomic E-state index is -1.08. The van der Waals surface area contributed by atoms with Crippen molar-refractivity contribution in [2.75, 3.05) is 0 Å². The molecule has 0 unspecified atom stereocenters. The van der Waals surface area contributed by atoms with Crippen LogP contribution in [0.1, 0.15) is 13.8 Å². The molecule has 0 saturated heterocycles. The number of amides is 3. The van der Waals surface area contributed by atoms with Gasteiger partial charge in [0, 0.05) is 4.90 Å². The van der Waals surface area contributed by atoms with Crippen LogP contribution in [0.3, 0.4) is 0 Å². The number of benzene rings is 1. The molecule has 0 aromatic heterocycles. The Hall–Kier alpha value is -2.02. The molecular formula is C13H16N2O4S. The number of nitrogens with two attached hydrogens (primary N) is 1.